The van der Waals surface area contributed by atoms with E-state index in [4.69, 9.17) is 17.3 Å². The lowest BCUT2D eigenvalue weighted by molar-refractivity contribution is 0.224. The summed E-state index contributed by atoms with van der Waals surface area (Å²) in [7, 11) is 0. The molecule has 1 aromatic rings. The average Bonchev–Trinajstić information content (AvgIpc) is 2.32. The number of benzene rings is 1. The maximum atomic E-state index is 5.96. The molecule has 17 heavy (non-hydrogen) atoms. The third kappa shape index (κ3) is 3.87. The SMILES string of the molecule is NCCN1CCC(Nc2cccc(Cl)c2)CC1. The lowest BCUT2D eigenvalue weighted by Gasteiger charge is -2.32. The van der Waals surface area contributed by atoms with Crippen LogP contribution in [0, 0.1) is 0 Å². The molecule has 1 saturated heterocycles. The molecule has 0 unspecified atom stereocenters. The van der Waals surface area contributed by atoms with Gasteiger partial charge in [0.05, 0.1) is 0 Å². The van der Waals surface area contributed by atoms with E-state index in [1.807, 2.05) is 18.2 Å². The van der Waals surface area contributed by atoms with E-state index in [1.54, 1.807) is 0 Å². The highest BCUT2D eigenvalue weighted by Crippen LogP contribution is 2.19. The Balaban J connectivity index is 1.82. The number of halogens is 1. The van der Waals surface area contributed by atoms with Crippen molar-refractivity contribution in [2.45, 2.75) is 18.9 Å². The van der Waals surface area contributed by atoms with Gasteiger partial charge in [-0.05, 0) is 31.0 Å². The van der Waals surface area contributed by atoms with E-state index in [1.165, 1.54) is 12.8 Å². The van der Waals surface area contributed by atoms with E-state index >= 15 is 0 Å². The molecule has 0 amide bonds. The largest absolute Gasteiger partial charge is 0.382 e. The second-order valence-corrected chi connectivity index (χ2v) is 5.00. The van der Waals surface area contributed by atoms with Gasteiger partial charge in [-0.3, -0.25) is 0 Å². The molecular formula is C13H20ClN3. The zero-order valence-corrected chi connectivity index (χ0v) is 10.8. The lowest BCUT2D eigenvalue weighted by atomic mass is 10.0. The van der Waals surface area contributed by atoms with Crippen LogP contribution in [0.2, 0.25) is 5.02 Å². The highest BCUT2D eigenvalue weighted by Gasteiger charge is 2.18. The van der Waals surface area contributed by atoms with Gasteiger partial charge in [0.15, 0.2) is 0 Å². The summed E-state index contributed by atoms with van der Waals surface area (Å²) in [5.74, 6) is 0. The van der Waals surface area contributed by atoms with Crippen LogP contribution in [0.5, 0.6) is 0 Å². The Morgan fingerprint density at radius 3 is 2.76 bits per heavy atom. The van der Waals surface area contributed by atoms with Crippen LogP contribution in [-0.2, 0) is 0 Å². The molecule has 0 radical (unpaired) electrons. The van der Waals surface area contributed by atoms with Gasteiger partial charge in [0.25, 0.3) is 0 Å². The first kappa shape index (κ1) is 12.7. The van der Waals surface area contributed by atoms with Crippen molar-refractivity contribution in [1.29, 1.82) is 0 Å². The van der Waals surface area contributed by atoms with Crippen LogP contribution >= 0.6 is 11.6 Å². The topological polar surface area (TPSA) is 41.3 Å². The molecule has 1 aromatic carbocycles. The fourth-order valence-electron chi connectivity index (χ4n) is 2.30. The van der Waals surface area contributed by atoms with E-state index in [2.05, 4.69) is 16.3 Å². The van der Waals surface area contributed by atoms with Crippen LogP contribution in [0.25, 0.3) is 0 Å². The third-order valence-electron chi connectivity index (χ3n) is 3.23. The minimum absolute atomic E-state index is 0.558. The lowest BCUT2D eigenvalue weighted by Crippen LogP contribution is -2.41. The molecule has 2 rings (SSSR count). The number of nitrogens with two attached hydrogens (primary N) is 1. The molecule has 3 nitrogen and oxygen atoms in total. The highest BCUT2D eigenvalue weighted by atomic mass is 35.5. The molecular weight excluding hydrogens is 234 g/mol. The van der Waals surface area contributed by atoms with Crippen molar-refractivity contribution in [2.24, 2.45) is 5.73 Å². The van der Waals surface area contributed by atoms with Gasteiger partial charge >= 0.3 is 0 Å². The highest BCUT2D eigenvalue weighted by molar-refractivity contribution is 6.30. The summed E-state index contributed by atoms with van der Waals surface area (Å²) in [5.41, 5.74) is 6.68. The number of likely N-dealkylation sites (tertiary alicyclic amines) is 1. The molecule has 1 fully saturated rings. The number of nitrogens with one attached hydrogen (secondary N) is 1. The van der Waals surface area contributed by atoms with E-state index in [0.29, 0.717) is 6.04 Å². The van der Waals surface area contributed by atoms with Gasteiger partial charge in [0, 0.05) is 42.9 Å². The normalized spacial score (nSPS) is 18.2. The van der Waals surface area contributed by atoms with Crippen molar-refractivity contribution in [3.63, 3.8) is 0 Å². The van der Waals surface area contributed by atoms with Crippen molar-refractivity contribution >= 4 is 17.3 Å². The average molecular weight is 254 g/mol. The third-order valence-corrected chi connectivity index (χ3v) is 3.46. The fourth-order valence-corrected chi connectivity index (χ4v) is 2.49. The summed E-state index contributed by atoms with van der Waals surface area (Å²) in [5, 5.41) is 4.33. The number of piperidine rings is 1. The summed E-state index contributed by atoms with van der Waals surface area (Å²) in [6.45, 7) is 4.04. The molecule has 0 saturated carbocycles. The fraction of sp³-hybridized carbons (Fsp3) is 0.538. The standard InChI is InChI=1S/C13H20ClN3/c14-11-2-1-3-13(10-11)16-12-4-7-17(8-5-12)9-6-15/h1-3,10,12,16H,4-9,15H2. The van der Waals surface area contributed by atoms with Crippen molar-refractivity contribution in [2.75, 3.05) is 31.5 Å². The van der Waals surface area contributed by atoms with Gasteiger partial charge in [-0.2, -0.15) is 0 Å². The van der Waals surface area contributed by atoms with Gasteiger partial charge in [0.1, 0.15) is 0 Å². The Bertz CT molecular complexity index is 348. The quantitative estimate of drug-likeness (QED) is 0.864. The van der Waals surface area contributed by atoms with Crippen molar-refractivity contribution in [1.82, 2.24) is 4.90 Å². The smallest absolute Gasteiger partial charge is 0.0426 e. The van der Waals surface area contributed by atoms with E-state index < -0.39 is 0 Å². The molecule has 1 heterocycles. The first-order valence-electron chi connectivity index (χ1n) is 6.22. The molecule has 3 N–H and O–H groups in total. The minimum atomic E-state index is 0.558. The van der Waals surface area contributed by atoms with Crippen molar-refractivity contribution in [3.05, 3.63) is 29.3 Å². The van der Waals surface area contributed by atoms with Crippen molar-refractivity contribution in [3.8, 4) is 0 Å². The predicted octanol–water partition coefficient (Wildman–Crippen LogP) is 2.17. The predicted molar refractivity (Wildman–Crippen MR) is 73.6 cm³/mol. The number of anilines is 1. The van der Waals surface area contributed by atoms with Crippen LogP contribution in [0.1, 0.15) is 12.8 Å². The monoisotopic (exact) mass is 253 g/mol. The van der Waals surface area contributed by atoms with Gasteiger partial charge in [-0.25, -0.2) is 0 Å². The number of hydrogen-bond acceptors (Lipinski definition) is 3. The summed E-state index contributed by atoms with van der Waals surface area (Å²) in [6, 6.07) is 8.49. The molecule has 0 spiro atoms. The number of nitrogens with zero attached hydrogens (tertiary/aromatic N) is 1. The van der Waals surface area contributed by atoms with Gasteiger partial charge < -0.3 is 16.0 Å². The van der Waals surface area contributed by atoms with Crippen LogP contribution < -0.4 is 11.1 Å². The molecule has 1 aliphatic heterocycles. The van der Waals surface area contributed by atoms with Crippen molar-refractivity contribution < 1.29 is 0 Å². The first-order chi connectivity index (χ1) is 8.28. The maximum absolute atomic E-state index is 5.96. The Hall–Kier alpha value is -0.770. The van der Waals surface area contributed by atoms with Crippen LogP contribution in [0.3, 0.4) is 0 Å². The van der Waals surface area contributed by atoms with Gasteiger partial charge in [-0.15, -0.1) is 0 Å². The van der Waals surface area contributed by atoms with E-state index in [0.717, 1.165) is 36.9 Å². The first-order valence-corrected chi connectivity index (χ1v) is 6.60. The molecule has 0 atom stereocenters. The Morgan fingerprint density at radius 2 is 2.12 bits per heavy atom. The molecule has 0 aliphatic carbocycles. The minimum Gasteiger partial charge on any atom is -0.382 e. The second kappa shape index (κ2) is 6.24. The molecule has 0 bridgehead atoms. The second-order valence-electron chi connectivity index (χ2n) is 4.56. The Kier molecular flexibility index (Phi) is 4.66. The zero-order chi connectivity index (χ0) is 12.1. The maximum Gasteiger partial charge on any atom is 0.0426 e. The van der Waals surface area contributed by atoms with Gasteiger partial charge in [0.2, 0.25) is 0 Å². The van der Waals surface area contributed by atoms with Gasteiger partial charge in [-0.1, -0.05) is 17.7 Å². The Labute approximate surface area is 108 Å². The zero-order valence-electron chi connectivity index (χ0n) is 10.0. The molecule has 0 aromatic heterocycles. The number of rotatable bonds is 4. The number of hydrogen-bond donors (Lipinski definition) is 2. The van der Waals surface area contributed by atoms with Crippen LogP contribution in [0.15, 0.2) is 24.3 Å². The van der Waals surface area contributed by atoms with Crippen LogP contribution in [0.4, 0.5) is 5.69 Å². The molecule has 4 heteroatoms. The summed E-state index contributed by atoms with van der Waals surface area (Å²) in [6.07, 6.45) is 2.35. The molecule has 94 valence electrons. The van der Waals surface area contributed by atoms with Crippen LogP contribution in [-0.4, -0.2) is 37.1 Å². The summed E-state index contributed by atoms with van der Waals surface area (Å²) >= 11 is 5.96. The van der Waals surface area contributed by atoms with E-state index in [9.17, 15) is 0 Å². The summed E-state index contributed by atoms with van der Waals surface area (Å²) < 4.78 is 0. The molecule has 1 aliphatic rings. The Morgan fingerprint density at radius 1 is 1.35 bits per heavy atom. The summed E-state index contributed by atoms with van der Waals surface area (Å²) in [4.78, 5) is 2.43. The van der Waals surface area contributed by atoms with E-state index in [-0.39, 0.29) is 0 Å².